The quantitative estimate of drug-likeness (QED) is 0.569. The van der Waals surface area contributed by atoms with Crippen molar-refractivity contribution in [2.75, 3.05) is 19.6 Å². The molecule has 0 aromatic rings. The summed E-state index contributed by atoms with van der Waals surface area (Å²) in [5, 5.41) is 9.23. The summed E-state index contributed by atoms with van der Waals surface area (Å²) in [4.78, 5) is 47.6. The van der Waals surface area contributed by atoms with Crippen LogP contribution in [0.3, 0.4) is 0 Å². The number of urea groups is 1. The normalized spacial score (nSPS) is 21.7. The van der Waals surface area contributed by atoms with E-state index < -0.39 is 42.9 Å². The summed E-state index contributed by atoms with van der Waals surface area (Å²) in [5.74, 6) is -2.55. The van der Waals surface area contributed by atoms with E-state index in [0.29, 0.717) is 12.8 Å². The molecular formula is C12H20N4O5. The average molecular weight is 300 g/mol. The van der Waals surface area contributed by atoms with Gasteiger partial charge in [0.05, 0.1) is 0 Å². The third-order valence-electron chi connectivity index (χ3n) is 3.36. The van der Waals surface area contributed by atoms with E-state index in [2.05, 4.69) is 0 Å². The van der Waals surface area contributed by atoms with Crippen molar-refractivity contribution in [3.8, 4) is 0 Å². The number of rotatable bonds is 5. The maximum absolute atomic E-state index is 12.4. The van der Waals surface area contributed by atoms with Crippen molar-refractivity contribution in [1.82, 2.24) is 9.80 Å². The molecule has 1 saturated heterocycles. The lowest BCUT2D eigenvalue weighted by atomic mass is 9.92. The van der Waals surface area contributed by atoms with Gasteiger partial charge in [-0.05, 0) is 18.8 Å². The number of carbonyl (C=O) groups excluding carboxylic acids is 3. The molecule has 0 bridgehead atoms. The molecule has 2 unspecified atom stereocenters. The Morgan fingerprint density at radius 3 is 2.14 bits per heavy atom. The average Bonchev–Trinajstić information content (AvgIpc) is 2.35. The lowest BCUT2D eigenvalue weighted by Crippen LogP contribution is -2.56. The molecule has 0 spiro atoms. The van der Waals surface area contributed by atoms with Crippen molar-refractivity contribution in [1.29, 1.82) is 0 Å². The molecule has 0 radical (unpaired) electrons. The Morgan fingerprint density at radius 1 is 1.19 bits per heavy atom. The van der Waals surface area contributed by atoms with E-state index in [1.165, 1.54) is 0 Å². The van der Waals surface area contributed by atoms with Crippen LogP contribution >= 0.6 is 0 Å². The molecule has 1 aliphatic heterocycles. The standard InChI is InChI=1S/C12H20N4O5/c1-7-2-3-16(8(4-7)11(19)20)12(21)15(5-9(13)17)6-10(14)18/h7-8H,2-6H2,1H3,(H2,13,17)(H2,14,18)(H,19,20). The second-order valence-electron chi connectivity index (χ2n) is 5.25. The predicted octanol–water partition coefficient (Wildman–Crippen LogP) is -1.44. The molecule has 9 nitrogen and oxygen atoms in total. The summed E-state index contributed by atoms with van der Waals surface area (Å²) in [7, 11) is 0. The summed E-state index contributed by atoms with van der Waals surface area (Å²) in [6.07, 6.45) is 0.971. The summed E-state index contributed by atoms with van der Waals surface area (Å²) in [6, 6.07) is -1.70. The number of piperidine rings is 1. The fraction of sp³-hybridized carbons (Fsp3) is 0.667. The van der Waals surface area contributed by atoms with Gasteiger partial charge >= 0.3 is 12.0 Å². The highest BCUT2D eigenvalue weighted by Crippen LogP contribution is 2.23. The van der Waals surface area contributed by atoms with Crippen LogP contribution in [-0.4, -0.2) is 64.4 Å². The Morgan fingerprint density at radius 2 is 1.71 bits per heavy atom. The minimum atomic E-state index is -1.12. The fourth-order valence-electron chi connectivity index (χ4n) is 2.35. The Hall–Kier alpha value is -2.32. The van der Waals surface area contributed by atoms with E-state index in [9.17, 15) is 24.3 Å². The SMILES string of the molecule is CC1CCN(C(=O)N(CC(N)=O)CC(N)=O)C(C(=O)O)C1. The van der Waals surface area contributed by atoms with Gasteiger partial charge in [0.2, 0.25) is 11.8 Å². The van der Waals surface area contributed by atoms with E-state index in [1.807, 2.05) is 6.92 Å². The highest BCUT2D eigenvalue weighted by molar-refractivity contribution is 5.89. The van der Waals surface area contributed by atoms with Gasteiger partial charge in [-0.15, -0.1) is 0 Å². The van der Waals surface area contributed by atoms with Crippen molar-refractivity contribution in [3.05, 3.63) is 0 Å². The fourth-order valence-corrected chi connectivity index (χ4v) is 2.35. The lowest BCUT2D eigenvalue weighted by molar-refractivity contribution is -0.144. The second-order valence-corrected chi connectivity index (χ2v) is 5.25. The number of primary amides is 2. The number of carbonyl (C=O) groups is 4. The van der Waals surface area contributed by atoms with Gasteiger partial charge in [-0.2, -0.15) is 0 Å². The Labute approximate surface area is 121 Å². The minimum absolute atomic E-state index is 0.177. The van der Waals surface area contributed by atoms with Gasteiger partial charge in [0, 0.05) is 6.54 Å². The summed E-state index contributed by atoms with van der Waals surface area (Å²) in [5.41, 5.74) is 10.1. The second kappa shape index (κ2) is 6.91. The molecule has 118 valence electrons. The van der Waals surface area contributed by atoms with Gasteiger partial charge in [-0.3, -0.25) is 9.59 Å². The maximum Gasteiger partial charge on any atom is 0.326 e. The molecule has 1 heterocycles. The van der Waals surface area contributed by atoms with Gasteiger partial charge in [0.15, 0.2) is 0 Å². The number of aliphatic carboxylic acids is 1. The van der Waals surface area contributed by atoms with Gasteiger partial charge in [0.1, 0.15) is 19.1 Å². The molecule has 1 fully saturated rings. The molecular weight excluding hydrogens is 280 g/mol. The van der Waals surface area contributed by atoms with E-state index >= 15 is 0 Å². The molecule has 0 aliphatic carbocycles. The molecule has 0 aromatic heterocycles. The highest BCUT2D eigenvalue weighted by atomic mass is 16.4. The molecule has 1 aliphatic rings. The predicted molar refractivity (Wildman–Crippen MR) is 71.9 cm³/mol. The van der Waals surface area contributed by atoms with Crippen LogP contribution in [0.5, 0.6) is 0 Å². The minimum Gasteiger partial charge on any atom is -0.480 e. The number of nitrogens with zero attached hydrogens (tertiary/aromatic N) is 2. The highest BCUT2D eigenvalue weighted by Gasteiger charge is 2.37. The first-order chi connectivity index (χ1) is 9.72. The third kappa shape index (κ3) is 4.62. The van der Waals surface area contributed by atoms with Crippen molar-refractivity contribution in [2.24, 2.45) is 17.4 Å². The van der Waals surface area contributed by atoms with Crippen molar-refractivity contribution < 1.29 is 24.3 Å². The summed E-state index contributed by atoms with van der Waals surface area (Å²) in [6.45, 7) is 1.17. The van der Waals surface area contributed by atoms with Crippen LogP contribution in [0.25, 0.3) is 0 Å². The van der Waals surface area contributed by atoms with E-state index in [1.54, 1.807) is 0 Å². The van der Waals surface area contributed by atoms with Crippen LogP contribution in [0.4, 0.5) is 4.79 Å². The molecule has 0 aromatic carbocycles. The third-order valence-corrected chi connectivity index (χ3v) is 3.36. The van der Waals surface area contributed by atoms with Crippen molar-refractivity contribution in [2.45, 2.75) is 25.8 Å². The maximum atomic E-state index is 12.4. The van der Waals surface area contributed by atoms with Crippen LogP contribution in [-0.2, 0) is 14.4 Å². The zero-order chi connectivity index (χ0) is 16.2. The van der Waals surface area contributed by atoms with Crippen LogP contribution in [0.1, 0.15) is 19.8 Å². The zero-order valence-electron chi connectivity index (χ0n) is 11.8. The van der Waals surface area contributed by atoms with E-state index in [0.717, 1.165) is 9.80 Å². The Bertz CT molecular complexity index is 437. The monoisotopic (exact) mass is 300 g/mol. The molecule has 2 atom stereocenters. The Kier molecular flexibility index (Phi) is 5.51. The van der Waals surface area contributed by atoms with Crippen molar-refractivity contribution in [3.63, 3.8) is 0 Å². The lowest BCUT2D eigenvalue weighted by Gasteiger charge is -2.38. The number of hydrogen-bond acceptors (Lipinski definition) is 4. The van der Waals surface area contributed by atoms with Gasteiger partial charge < -0.3 is 26.4 Å². The number of likely N-dealkylation sites (tertiary alicyclic amines) is 1. The number of carboxylic acid groups (broad SMARTS) is 1. The van der Waals surface area contributed by atoms with Crippen molar-refractivity contribution >= 4 is 23.8 Å². The van der Waals surface area contributed by atoms with Crippen LogP contribution in [0.2, 0.25) is 0 Å². The summed E-state index contributed by atoms with van der Waals surface area (Å²) >= 11 is 0. The zero-order valence-corrected chi connectivity index (χ0v) is 11.8. The number of amides is 4. The van der Waals surface area contributed by atoms with Crippen LogP contribution < -0.4 is 11.5 Å². The Balaban J connectivity index is 2.91. The molecule has 0 saturated carbocycles. The van der Waals surface area contributed by atoms with Gasteiger partial charge in [-0.25, -0.2) is 9.59 Å². The first kappa shape index (κ1) is 16.7. The molecule has 4 amide bonds. The number of nitrogens with two attached hydrogens (primary N) is 2. The van der Waals surface area contributed by atoms with E-state index in [4.69, 9.17) is 11.5 Å². The van der Waals surface area contributed by atoms with Crippen LogP contribution in [0.15, 0.2) is 0 Å². The molecule has 21 heavy (non-hydrogen) atoms. The number of carboxylic acids is 1. The largest absolute Gasteiger partial charge is 0.480 e. The van der Waals surface area contributed by atoms with Gasteiger partial charge in [-0.1, -0.05) is 6.92 Å². The molecule has 1 rings (SSSR count). The number of hydrogen-bond donors (Lipinski definition) is 3. The van der Waals surface area contributed by atoms with Crippen LogP contribution in [0, 0.1) is 5.92 Å². The molecule has 5 N–H and O–H groups in total. The first-order valence-corrected chi connectivity index (χ1v) is 6.57. The molecule has 9 heteroatoms. The topological polar surface area (TPSA) is 147 Å². The van der Waals surface area contributed by atoms with Gasteiger partial charge in [0.25, 0.3) is 0 Å². The summed E-state index contributed by atoms with van der Waals surface area (Å²) < 4.78 is 0. The smallest absolute Gasteiger partial charge is 0.326 e. The van der Waals surface area contributed by atoms with E-state index in [-0.39, 0.29) is 12.5 Å². The first-order valence-electron chi connectivity index (χ1n) is 6.57.